The summed E-state index contributed by atoms with van der Waals surface area (Å²) in [5.41, 5.74) is 5.34. The lowest BCUT2D eigenvalue weighted by Crippen LogP contribution is -2.19. The summed E-state index contributed by atoms with van der Waals surface area (Å²) in [6, 6.07) is 26.0. The van der Waals surface area contributed by atoms with Crippen LogP contribution in [0.1, 0.15) is 36.6 Å². The van der Waals surface area contributed by atoms with Crippen molar-refractivity contribution in [3.05, 3.63) is 95.7 Å². The van der Waals surface area contributed by atoms with E-state index in [0.717, 1.165) is 51.4 Å². The Bertz CT molecular complexity index is 1300. The first kappa shape index (κ1) is 22.9. The fourth-order valence-electron chi connectivity index (χ4n) is 4.57. The second-order valence-corrected chi connectivity index (χ2v) is 9.55. The summed E-state index contributed by atoms with van der Waals surface area (Å²) in [4.78, 5) is 11.6. The number of carboxylic acids is 1. The molecule has 1 unspecified atom stereocenters. The van der Waals surface area contributed by atoms with Crippen molar-refractivity contribution in [2.45, 2.75) is 38.5 Å². The van der Waals surface area contributed by atoms with E-state index in [-0.39, 0.29) is 0 Å². The molecule has 0 saturated heterocycles. The zero-order valence-electron chi connectivity index (χ0n) is 20.0. The van der Waals surface area contributed by atoms with Crippen molar-refractivity contribution >= 4 is 5.97 Å². The van der Waals surface area contributed by atoms with Crippen LogP contribution in [-0.2, 0) is 16.6 Å². The van der Waals surface area contributed by atoms with Crippen LogP contribution in [-0.4, -0.2) is 22.8 Å². The number of rotatable bonds is 9. The van der Waals surface area contributed by atoms with Gasteiger partial charge in [0.2, 0.25) is 0 Å². The van der Waals surface area contributed by atoms with Gasteiger partial charge in [0.25, 0.3) is 0 Å². The summed E-state index contributed by atoms with van der Waals surface area (Å²) in [5.74, 6) is 1.24. The lowest BCUT2D eigenvalue weighted by Gasteiger charge is -2.13. The molecule has 1 atom stereocenters. The number of aryl methyl sites for hydroxylation is 1. The molecule has 4 aromatic rings. The smallest absolute Gasteiger partial charge is 0.314 e. The van der Waals surface area contributed by atoms with Gasteiger partial charge in [-0.15, -0.1) is 0 Å². The van der Waals surface area contributed by atoms with E-state index in [4.69, 9.17) is 9.26 Å². The first-order chi connectivity index (χ1) is 17.0. The molecule has 35 heavy (non-hydrogen) atoms. The average Bonchev–Trinajstić information content (AvgIpc) is 3.63. The van der Waals surface area contributed by atoms with Crippen molar-refractivity contribution < 1.29 is 19.2 Å². The van der Waals surface area contributed by atoms with Crippen LogP contribution in [0, 0.1) is 12.8 Å². The predicted octanol–water partition coefficient (Wildman–Crippen LogP) is 6.69. The second kappa shape index (κ2) is 9.41. The third kappa shape index (κ3) is 4.72. The van der Waals surface area contributed by atoms with E-state index in [1.807, 2.05) is 61.5 Å². The van der Waals surface area contributed by atoms with E-state index in [9.17, 15) is 9.90 Å². The normalized spacial score (nSPS) is 14.9. The molecule has 1 heterocycles. The molecule has 5 heteroatoms. The summed E-state index contributed by atoms with van der Waals surface area (Å²) in [6.07, 6.45) is 2.24. The van der Waals surface area contributed by atoms with Crippen LogP contribution in [0.15, 0.2) is 83.4 Å². The standard InChI is InChI=1S/C30H29NO4/c1-20(19-34-26-6-4-3-5-7-26)18-27-21(2)31-35-28(27)24-10-8-22(9-11-24)23-12-14-25(15-13-23)30(16-17-30)29(32)33/h3-15,20H,16-19H2,1-2H3,(H,32,33). The molecule has 5 rings (SSSR count). The largest absolute Gasteiger partial charge is 0.493 e. The molecule has 178 valence electrons. The molecule has 0 aliphatic heterocycles. The fourth-order valence-corrected chi connectivity index (χ4v) is 4.57. The zero-order valence-corrected chi connectivity index (χ0v) is 20.0. The van der Waals surface area contributed by atoms with E-state index >= 15 is 0 Å². The maximum atomic E-state index is 11.6. The number of nitrogens with zero attached hydrogens (tertiary/aromatic N) is 1. The SMILES string of the molecule is Cc1noc(-c2ccc(-c3ccc(C4(C(=O)O)CC4)cc3)cc2)c1CC(C)COc1ccccc1. The molecule has 1 N–H and O–H groups in total. The van der Waals surface area contributed by atoms with Crippen molar-refractivity contribution in [3.63, 3.8) is 0 Å². The van der Waals surface area contributed by atoms with E-state index in [0.29, 0.717) is 25.4 Å². The van der Waals surface area contributed by atoms with Gasteiger partial charge in [-0.3, -0.25) is 4.79 Å². The van der Waals surface area contributed by atoms with Gasteiger partial charge in [-0.05, 0) is 60.9 Å². The topological polar surface area (TPSA) is 72.6 Å². The molecule has 0 amide bonds. The summed E-state index contributed by atoms with van der Waals surface area (Å²) >= 11 is 0. The number of hydrogen-bond donors (Lipinski definition) is 1. The lowest BCUT2D eigenvalue weighted by atomic mass is 9.93. The van der Waals surface area contributed by atoms with Crippen LogP contribution in [0.2, 0.25) is 0 Å². The van der Waals surface area contributed by atoms with Gasteiger partial charge in [0, 0.05) is 11.1 Å². The Balaban J connectivity index is 1.29. The van der Waals surface area contributed by atoms with Crippen molar-refractivity contribution in [2.24, 2.45) is 5.92 Å². The molecule has 3 aromatic carbocycles. The van der Waals surface area contributed by atoms with Gasteiger partial charge in [-0.2, -0.15) is 0 Å². The molecule has 1 fully saturated rings. The van der Waals surface area contributed by atoms with Gasteiger partial charge in [0.1, 0.15) is 5.75 Å². The van der Waals surface area contributed by atoms with Gasteiger partial charge in [0.05, 0.1) is 17.7 Å². The third-order valence-corrected chi connectivity index (χ3v) is 6.89. The molecular formula is C30H29NO4. The van der Waals surface area contributed by atoms with Crippen molar-refractivity contribution in [3.8, 4) is 28.2 Å². The summed E-state index contributed by atoms with van der Waals surface area (Å²) in [6.45, 7) is 4.76. The fraction of sp³-hybridized carbons (Fsp3) is 0.267. The Morgan fingerprint density at radius 1 is 0.971 bits per heavy atom. The van der Waals surface area contributed by atoms with E-state index in [1.54, 1.807) is 0 Å². The minimum Gasteiger partial charge on any atom is -0.493 e. The van der Waals surface area contributed by atoms with E-state index in [2.05, 4.69) is 36.3 Å². The van der Waals surface area contributed by atoms with Crippen LogP contribution in [0.5, 0.6) is 5.75 Å². The molecular weight excluding hydrogens is 438 g/mol. The highest BCUT2D eigenvalue weighted by Crippen LogP contribution is 2.48. The molecule has 0 bridgehead atoms. The Hall–Kier alpha value is -3.86. The second-order valence-electron chi connectivity index (χ2n) is 9.55. The predicted molar refractivity (Wildman–Crippen MR) is 135 cm³/mol. The molecule has 0 spiro atoms. The van der Waals surface area contributed by atoms with Crippen LogP contribution >= 0.6 is 0 Å². The summed E-state index contributed by atoms with van der Waals surface area (Å²) in [7, 11) is 0. The molecule has 1 aromatic heterocycles. The van der Waals surface area contributed by atoms with Gasteiger partial charge in [-0.25, -0.2) is 0 Å². The number of para-hydroxylation sites is 1. The molecule has 1 aliphatic rings. The van der Waals surface area contributed by atoms with E-state index < -0.39 is 11.4 Å². The maximum absolute atomic E-state index is 11.6. The minimum absolute atomic E-state index is 0.297. The van der Waals surface area contributed by atoms with Gasteiger partial charge >= 0.3 is 5.97 Å². The number of aliphatic carboxylic acids is 1. The lowest BCUT2D eigenvalue weighted by molar-refractivity contribution is -0.140. The Morgan fingerprint density at radius 3 is 2.17 bits per heavy atom. The summed E-state index contributed by atoms with van der Waals surface area (Å²) < 4.78 is 11.7. The highest BCUT2D eigenvalue weighted by Gasteiger charge is 2.51. The minimum atomic E-state index is -0.728. The number of hydrogen-bond acceptors (Lipinski definition) is 4. The maximum Gasteiger partial charge on any atom is 0.314 e. The van der Waals surface area contributed by atoms with Gasteiger partial charge in [-0.1, -0.05) is 78.8 Å². The van der Waals surface area contributed by atoms with Crippen molar-refractivity contribution in [1.82, 2.24) is 5.16 Å². The van der Waals surface area contributed by atoms with Crippen LogP contribution in [0.25, 0.3) is 22.5 Å². The molecule has 5 nitrogen and oxygen atoms in total. The first-order valence-corrected chi connectivity index (χ1v) is 12.0. The number of benzene rings is 3. The first-order valence-electron chi connectivity index (χ1n) is 12.0. The van der Waals surface area contributed by atoms with Crippen LogP contribution in [0.4, 0.5) is 0 Å². The molecule has 1 saturated carbocycles. The monoisotopic (exact) mass is 467 g/mol. The van der Waals surface area contributed by atoms with Crippen LogP contribution < -0.4 is 4.74 Å². The molecule has 0 radical (unpaired) electrons. The highest BCUT2D eigenvalue weighted by molar-refractivity contribution is 5.85. The third-order valence-electron chi connectivity index (χ3n) is 6.89. The number of aromatic nitrogens is 1. The quantitative estimate of drug-likeness (QED) is 0.297. The van der Waals surface area contributed by atoms with Crippen LogP contribution in [0.3, 0.4) is 0 Å². The number of carbonyl (C=O) groups is 1. The van der Waals surface area contributed by atoms with Gasteiger partial charge < -0.3 is 14.4 Å². The molecule has 1 aliphatic carbocycles. The zero-order chi connectivity index (χ0) is 24.4. The number of carboxylic acid groups (broad SMARTS) is 1. The van der Waals surface area contributed by atoms with Crippen molar-refractivity contribution in [2.75, 3.05) is 6.61 Å². The van der Waals surface area contributed by atoms with E-state index in [1.165, 1.54) is 0 Å². The number of ether oxygens (including phenoxy) is 1. The average molecular weight is 468 g/mol. The summed E-state index contributed by atoms with van der Waals surface area (Å²) in [5, 5.41) is 13.8. The Kier molecular flexibility index (Phi) is 6.16. The Labute approximate surface area is 205 Å². The van der Waals surface area contributed by atoms with Crippen molar-refractivity contribution in [1.29, 1.82) is 0 Å². The Morgan fingerprint density at radius 2 is 1.57 bits per heavy atom. The van der Waals surface area contributed by atoms with Gasteiger partial charge in [0.15, 0.2) is 5.76 Å². The highest BCUT2D eigenvalue weighted by atomic mass is 16.5.